The zero-order valence-electron chi connectivity index (χ0n) is 10.8. The Morgan fingerprint density at radius 1 is 1.59 bits per heavy atom. The molecule has 0 aromatic heterocycles. The first-order valence-electron chi connectivity index (χ1n) is 6.10. The summed E-state index contributed by atoms with van der Waals surface area (Å²) in [6.07, 6.45) is 2.91. The topological polar surface area (TPSA) is 83.6 Å². The summed E-state index contributed by atoms with van der Waals surface area (Å²) < 4.78 is 0. The van der Waals surface area contributed by atoms with E-state index in [1.807, 2.05) is 6.92 Å². The fourth-order valence-corrected chi connectivity index (χ4v) is 2.62. The van der Waals surface area contributed by atoms with Gasteiger partial charge in [-0.1, -0.05) is 13.3 Å². The lowest BCUT2D eigenvalue weighted by Crippen LogP contribution is -2.52. The smallest absolute Gasteiger partial charge is 0.326 e. The first kappa shape index (κ1) is 14.0. The molecule has 0 aromatic rings. The summed E-state index contributed by atoms with van der Waals surface area (Å²) in [5.74, 6) is -1.10. The maximum absolute atomic E-state index is 12.4. The minimum Gasteiger partial charge on any atom is -0.480 e. The standard InChI is InChI=1S/C12H22N2O3/c1-4-8(10(15)16)14(3)11(17)12(2)7-5-6-9(12)13/h8-9H,4-7,13H2,1-3H3,(H,15,16). The highest BCUT2D eigenvalue weighted by molar-refractivity contribution is 5.87. The van der Waals surface area contributed by atoms with Gasteiger partial charge in [-0.2, -0.15) is 0 Å². The Hall–Kier alpha value is -1.10. The summed E-state index contributed by atoms with van der Waals surface area (Å²) >= 11 is 0. The van der Waals surface area contributed by atoms with Gasteiger partial charge in [0, 0.05) is 13.1 Å². The number of hydrogen-bond acceptors (Lipinski definition) is 3. The van der Waals surface area contributed by atoms with E-state index in [2.05, 4.69) is 0 Å². The van der Waals surface area contributed by atoms with Crippen molar-refractivity contribution in [3.63, 3.8) is 0 Å². The Bertz CT molecular complexity index is 319. The van der Waals surface area contributed by atoms with Crippen LogP contribution in [0.25, 0.3) is 0 Å². The molecule has 3 N–H and O–H groups in total. The Balaban J connectivity index is 2.85. The van der Waals surface area contributed by atoms with E-state index in [0.717, 1.165) is 19.3 Å². The predicted molar refractivity (Wildman–Crippen MR) is 64.4 cm³/mol. The first-order valence-corrected chi connectivity index (χ1v) is 6.10. The minimum absolute atomic E-state index is 0.142. The molecule has 1 aliphatic carbocycles. The summed E-state index contributed by atoms with van der Waals surface area (Å²) in [5, 5.41) is 9.06. The molecule has 1 saturated carbocycles. The Kier molecular flexibility index (Phi) is 4.14. The maximum atomic E-state index is 12.4. The molecule has 98 valence electrons. The molecule has 0 radical (unpaired) electrons. The number of carboxylic acid groups (broad SMARTS) is 1. The second kappa shape index (κ2) is 5.04. The lowest BCUT2D eigenvalue weighted by molar-refractivity contribution is -0.153. The number of carboxylic acids is 1. The van der Waals surface area contributed by atoms with Crippen molar-refractivity contribution in [1.82, 2.24) is 4.90 Å². The second-order valence-corrected chi connectivity index (χ2v) is 5.09. The zero-order valence-corrected chi connectivity index (χ0v) is 10.8. The van der Waals surface area contributed by atoms with Crippen LogP contribution in [0.1, 0.15) is 39.5 Å². The van der Waals surface area contributed by atoms with E-state index >= 15 is 0 Å². The van der Waals surface area contributed by atoms with E-state index in [4.69, 9.17) is 10.8 Å². The number of hydrogen-bond donors (Lipinski definition) is 2. The number of rotatable bonds is 4. The van der Waals surface area contributed by atoms with Crippen molar-refractivity contribution < 1.29 is 14.7 Å². The third kappa shape index (κ3) is 2.44. The summed E-state index contributed by atoms with van der Waals surface area (Å²) in [6.45, 7) is 3.61. The van der Waals surface area contributed by atoms with Gasteiger partial charge >= 0.3 is 5.97 Å². The van der Waals surface area contributed by atoms with Crippen molar-refractivity contribution in [2.45, 2.75) is 51.6 Å². The third-order valence-corrected chi connectivity index (χ3v) is 3.98. The van der Waals surface area contributed by atoms with E-state index in [-0.39, 0.29) is 11.9 Å². The van der Waals surface area contributed by atoms with Crippen LogP contribution in [0, 0.1) is 5.41 Å². The molecule has 17 heavy (non-hydrogen) atoms. The molecule has 0 saturated heterocycles. The maximum Gasteiger partial charge on any atom is 0.326 e. The van der Waals surface area contributed by atoms with Crippen LogP contribution in [0.4, 0.5) is 0 Å². The zero-order chi connectivity index (χ0) is 13.2. The van der Waals surface area contributed by atoms with Gasteiger partial charge in [0.25, 0.3) is 0 Å². The lowest BCUT2D eigenvalue weighted by atomic mass is 9.83. The van der Waals surface area contributed by atoms with E-state index in [0.29, 0.717) is 6.42 Å². The SMILES string of the molecule is CCC(C(=O)O)N(C)C(=O)C1(C)CCCC1N. The van der Waals surface area contributed by atoms with Gasteiger partial charge in [0.1, 0.15) is 6.04 Å². The third-order valence-electron chi connectivity index (χ3n) is 3.98. The number of nitrogens with zero attached hydrogens (tertiary/aromatic N) is 1. The van der Waals surface area contributed by atoms with E-state index in [1.54, 1.807) is 14.0 Å². The van der Waals surface area contributed by atoms with Gasteiger partial charge in [-0.25, -0.2) is 4.79 Å². The number of aliphatic carboxylic acids is 1. The van der Waals surface area contributed by atoms with Gasteiger partial charge in [0.15, 0.2) is 0 Å². The average molecular weight is 242 g/mol. The van der Waals surface area contributed by atoms with Crippen LogP contribution in [0.5, 0.6) is 0 Å². The molecule has 1 fully saturated rings. The Labute approximate surface area is 102 Å². The van der Waals surface area contributed by atoms with E-state index in [9.17, 15) is 9.59 Å². The van der Waals surface area contributed by atoms with Crippen LogP contribution in [0.2, 0.25) is 0 Å². The quantitative estimate of drug-likeness (QED) is 0.764. The average Bonchev–Trinajstić information content (AvgIpc) is 2.59. The molecule has 0 heterocycles. The van der Waals surface area contributed by atoms with Crippen molar-refractivity contribution in [1.29, 1.82) is 0 Å². The van der Waals surface area contributed by atoms with Crippen molar-refractivity contribution in [3.8, 4) is 0 Å². The molecule has 3 unspecified atom stereocenters. The van der Waals surface area contributed by atoms with Crippen LogP contribution in [0.3, 0.4) is 0 Å². The largest absolute Gasteiger partial charge is 0.480 e. The highest BCUT2D eigenvalue weighted by Crippen LogP contribution is 2.38. The number of nitrogens with two attached hydrogens (primary N) is 1. The van der Waals surface area contributed by atoms with Crippen LogP contribution < -0.4 is 5.73 Å². The van der Waals surface area contributed by atoms with E-state index < -0.39 is 17.4 Å². The van der Waals surface area contributed by atoms with Crippen molar-refractivity contribution >= 4 is 11.9 Å². The molecule has 0 spiro atoms. The van der Waals surface area contributed by atoms with Crippen LogP contribution >= 0.6 is 0 Å². The minimum atomic E-state index is -0.960. The summed E-state index contributed by atoms with van der Waals surface area (Å²) in [4.78, 5) is 24.8. The fraction of sp³-hybridized carbons (Fsp3) is 0.833. The second-order valence-electron chi connectivity index (χ2n) is 5.09. The lowest BCUT2D eigenvalue weighted by Gasteiger charge is -2.34. The van der Waals surface area contributed by atoms with Crippen molar-refractivity contribution in [2.24, 2.45) is 11.1 Å². The molecule has 1 rings (SSSR count). The van der Waals surface area contributed by atoms with Crippen LogP contribution in [-0.4, -0.2) is 41.0 Å². The summed E-state index contributed by atoms with van der Waals surface area (Å²) in [5.41, 5.74) is 5.38. The normalized spacial score (nSPS) is 30.0. The van der Waals surface area contributed by atoms with Gasteiger partial charge in [0.2, 0.25) is 5.91 Å². The summed E-state index contributed by atoms with van der Waals surface area (Å²) in [7, 11) is 1.56. The molecule has 3 atom stereocenters. The number of carbonyl (C=O) groups is 2. The van der Waals surface area contributed by atoms with Crippen LogP contribution in [0.15, 0.2) is 0 Å². The highest BCUT2D eigenvalue weighted by Gasteiger charge is 2.46. The van der Waals surface area contributed by atoms with Gasteiger partial charge in [-0.15, -0.1) is 0 Å². The van der Waals surface area contributed by atoms with Gasteiger partial charge < -0.3 is 15.7 Å². The fourth-order valence-electron chi connectivity index (χ4n) is 2.62. The molecular weight excluding hydrogens is 220 g/mol. The number of amides is 1. The van der Waals surface area contributed by atoms with Crippen molar-refractivity contribution in [2.75, 3.05) is 7.05 Å². The molecule has 0 aromatic carbocycles. The molecule has 5 nitrogen and oxygen atoms in total. The van der Waals surface area contributed by atoms with Crippen molar-refractivity contribution in [3.05, 3.63) is 0 Å². The first-order chi connectivity index (χ1) is 7.84. The Morgan fingerprint density at radius 3 is 2.53 bits per heavy atom. The monoisotopic (exact) mass is 242 g/mol. The molecule has 5 heteroatoms. The molecular formula is C12H22N2O3. The van der Waals surface area contributed by atoms with E-state index in [1.165, 1.54) is 4.90 Å². The number of carbonyl (C=O) groups excluding carboxylic acids is 1. The van der Waals surface area contributed by atoms with Gasteiger partial charge in [-0.05, 0) is 26.2 Å². The molecule has 0 bridgehead atoms. The Morgan fingerprint density at radius 2 is 2.18 bits per heavy atom. The van der Waals surface area contributed by atoms with Crippen LogP contribution in [-0.2, 0) is 9.59 Å². The highest BCUT2D eigenvalue weighted by atomic mass is 16.4. The molecule has 1 aliphatic rings. The molecule has 0 aliphatic heterocycles. The number of likely N-dealkylation sites (N-methyl/N-ethyl adjacent to an activating group) is 1. The van der Waals surface area contributed by atoms with Gasteiger partial charge in [-0.3, -0.25) is 4.79 Å². The predicted octanol–water partition coefficient (Wildman–Crippen LogP) is 0.825. The molecule has 1 amide bonds. The summed E-state index contributed by atoms with van der Waals surface area (Å²) in [6, 6.07) is -0.920. The van der Waals surface area contributed by atoms with Gasteiger partial charge in [0.05, 0.1) is 5.41 Å².